The van der Waals surface area contributed by atoms with Crippen LogP contribution in [0.3, 0.4) is 0 Å². The first-order valence-electron chi connectivity index (χ1n) is 7.69. The molecule has 0 radical (unpaired) electrons. The molecule has 6 heteroatoms. The third kappa shape index (κ3) is 2.61. The van der Waals surface area contributed by atoms with Gasteiger partial charge >= 0.3 is 0 Å². The Kier molecular flexibility index (Phi) is 3.65. The third-order valence-electron chi connectivity index (χ3n) is 4.11. The number of nitrogens with zero attached hydrogens (tertiary/aromatic N) is 2. The van der Waals surface area contributed by atoms with E-state index in [2.05, 4.69) is 10.3 Å². The lowest BCUT2D eigenvalue weighted by atomic mass is 10.1. The Morgan fingerprint density at radius 1 is 1.04 bits per heavy atom. The molecule has 1 aliphatic rings. The number of pyridine rings is 1. The second-order valence-corrected chi connectivity index (χ2v) is 5.64. The maximum absolute atomic E-state index is 14.1. The predicted molar refractivity (Wildman–Crippen MR) is 90.2 cm³/mol. The van der Waals surface area contributed by atoms with Gasteiger partial charge in [-0.05, 0) is 30.3 Å². The maximum atomic E-state index is 14.1. The first-order valence-corrected chi connectivity index (χ1v) is 7.69. The smallest absolute Gasteiger partial charge is 0.260 e. The Morgan fingerprint density at radius 3 is 2.64 bits per heavy atom. The summed E-state index contributed by atoms with van der Waals surface area (Å²) in [4.78, 5) is 18.4. The summed E-state index contributed by atoms with van der Waals surface area (Å²) in [6.45, 7) is 0. The molecule has 1 amide bonds. The van der Waals surface area contributed by atoms with Gasteiger partial charge in [-0.15, -0.1) is 0 Å². The maximum Gasteiger partial charge on any atom is 0.260 e. The van der Waals surface area contributed by atoms with Crippen LogP contribution in [0.5, 0.6) is 0 Å². The minimum absolute atomic E-state index is 0.116. The van der Waals surface area contributed by atoms with Crippen molar-refractivity contribution in [2.24, 2.45) is 0 Å². The van der Waals surface area contributed by atoms with Gasteiger partial charge in [0, 0.05) is 23.4 Å². The summed E-state index contributed by atoms with van der Waals surface area (Å²) < 4.78 is 27.3. The Balaban J connectivity index is 1.80. The van der Waals surface area contributed by atoms with Gasteiger partial charge in [-0.25, -0.2) is 8.78 Å². The standard InChI is InChI=1S/C19H13F2N3O/c20-12-7-8-17(16(21)10-12)23-18-14-5-1-2-6-15(14)19(25)24(18)13-4-3-9-22-11-13/h1-11,18,23H. The van der Waals surface area contributed by atoms with Crippen molar-refractivity contribution in [3.05, 3.63) is 89.8 Å². The van der Waals surface area contributed by atoms with E-state index in [1.165, 1.54) is 17.0 Å². The Labute approximate surface area is 142 Å². The fourth-order valence-corrected chi connectivity index (χ4v) is 2.98. The zero-order valence-corrected chi connectivity index (χ0v) is 13.0. The first-order chi connectivity index (χ1) is 12.1. The van der Waals surface area contributed by atoms with Crippen molar-refractivity contribution in [1.29, 1.82) is 0 Å². The molecule has 0 saturated carbocycles. The molecule has 124 valence electrons. The third-order valence-corrected chi connectivity index (χ3v) is 4.11. The van der Waals surface area contributed by atoms with Crippen molar-refractivity contribution >= 4 is 17.3 Å². The number of carbonyl (C=O) groups excluding carboxylic acids is 1. The molecule has 2 aromatic carbocycles. The van der Waals surface area contributed by atoms with Gasteiger partial charge in [0.1, 0.15) is 17.8 Å². The van der Waals surface area contributed by atoms with E-state index in [-0.39, 0.29) is 11.6 Å². The fraction of sp³-hybridized carbons (Fsp3) is 0.0526. The van der Waals surface area contributed by atoms with Crippen LogP contribution in [0, 0.1) is 11.6 Å². The second kappa shape index (κ2) is 5.98. The summed E-state index contributed by atoms with van der Waals surface area (Å²) in [6, 6.07) is 13.9. The molecule has 0 spiro atoms. The Bertz CT molecular complexity index is 946. The molecule has 1 aromatic heterocycles. The van der Waals surface area contributed by atoms with E-state index >= 15 is 0 Å². The fourth-order valence-electron chi connectivity index (χ4n) is 2.98. The van der Waals surface area contributed by atoms with E-state index in [1.807, 2.05) is 12.1 Å². The lowest BCUT2D eigenvalue weighted by Crippen LogP contribution is -2.32. The molecular weight excluding hydrogens is 324 g/mol. The van der Waals surface area contributed by atoms with Crippen LogP contribution >= 0.6 is 0 Å². The van der Waals surface area contributed by atoms with Gasteiger partial charge in [0.25, 0.3) is 5.91 Å². The van der Waals surface area contributed by atoms with Gasteiger partial charge in [-0.2, -0.15) is 0 Å². The quantitative estimate of drug-likeness (QED) is 0.781. The topological polar surface area (TPSA) is 45.2 Å². The van der Waals surface area contributed by atoms with Crippen molar-refractivity contribution in [2.75, 3.05) is 10.2 Å². The molecule has 1 atom stereocenters. The van der Waals surface area contributed by atoms with E-state index < -0.39 is 17.8 Å². The lowest BCUT2D eigenvalue weighted by molar-refractivity contribution is 0.0993. The molecule has 4 nitrogen and oxygen atoms in total. The van der Waals surface area contributed by atoms with Gasteiger partial charge in [0.05, 0.1) is 17.6 Å². The highest BCUT2D eigenvalue weighted by atomic mass is 19.1. The minimum atomic E-state index is -0.719. The number of benzene rings is 2. The molecular formula is C19H13F2N3O. The SMILES string of the molecule is O=C1c2ccccc2C(Nc2ccc(F)cc2F)N1c1cccnc1. The molecule has 25 heavy (non-hydrogen) atoms. The molecule has 2 heterocycles. The molecule has 0 saturated heterocycles. The molecule has 1 N–H and O–H groups in total. The van der Waals surface area contributed by atoms with E-state index in [4.69, 9.17) is 0 Å². The predicted octanol–water partition coefficient (Wildman–Crippen LogP) is 4.13. The van der Waals surface area contributed by atoms with Crippen LogP contribution in [0.15, 0.2) is 67.0 Å². The average molecular weight is 337 g/mol. The van der Waals surface area contributed by atoms with Crippen LogP contribution in [0.1, 0.15) is 22.1 Å². The lowest BCUT2D eigenvalue weighted by Gasteiger charge is -2.27. The van der Waals surface area contributed by atoms with E-state index in [1.54, 1.807) is 36.7 Å². The normalized spacial score (nSPS) is 16.0. The number of hydrogen-bond acceptors (Lipinski definition) is 3. The van der Waals surface area contributed by atoms with Crippen molar-refractivity contribution in [2.45, 2.75) is 6.17 Å². The largest absolute Gasteiger partial charge is 0.359 e. The Hall–Kier alpha value is -3.28. The Morgan fingerprint density at radius 2 is 1.88 bits per heavy atom. The summed E-state index contributed by atoms with van der Waals surface area (Å²) in [6.07, 6.45) is 2.56. The van der Waals surface area contributed by atoms with Gasteiger partial charge in [0.2, 0.25) is 0 Å². The van der Waals surface area contributed by atoms with Crippen LogP contribution < -0.4 is 10.2 Å². The molecule has 0 aliphatic carbocycles. The van der Waals surface area contributed by atoms with Crippen LogP contribution in [-0.4, -0.2) is 10.9 Å². The summed E-state index contributed by atoms with van der Waals surface area (Å²) in [5, 5.41) is 3.01. The summed E-state index contributed by atoms with van der Waals surface area (Å²) in [5.41, 5.74) is 1.96. The molecule has 4 rings (SSSR count). The van der Waals surface area contributed by atoms with E-state index in [9.17, 15) is 13.6 Å². The number of rotatable bonds is 3. The number of halogens is 2. The second-order valence-electron chi connectivity index (χ2n) is 5.64. The first kappa shape index (κ1) is 15.3. The highest BCUT2D eigenvalue weighted by Crippen LogP contribution is 2.38. The number of amides is 1. The molecule has 1 aliphatic heterocycles. The molecule has 0 fully saturated rings. The zero-order valence-electron chi connectivity index (χ0n) is 13.0. The van der Waals surface area contributed by atoms with Gasteiger partial charge in [-0.1, -0.05) is 18.2 Å². The highest BCUT2D eigenvalue weighted by molar-refractivity contribution is 6.11. The van der Waals surface area contributed by atoms with Crippen LogP contribution in [0.2, 0.25) is 0 Å². The summed E-state index contributed by atoms with van der Waals surface area (Å²) >= 11 is 0. The molecule has 0 bridgehead atoms. The number of hydrogen-bond donors (Lipinski definition) is 1. The highest BCUT2D eigenvalue weighted by Gasteiger charge is 2.38. The van der Waals surface area contributed by atoms with Crippen LogP contribution in [0.4, 0.5) is 20.2 Å². The minimum Gasteiger partial charge on any atom is -0.359 e. The van der Waals surface area contributed by atoms with Crippen LogP contribution in [0.25, 0.3) is 0 Å². The van der Waals surface area contributed by atoms with Crippen molar-refractivity contribution < 1.29 is 13.6 Å². The van der Waals surface area contributed by atoms with Gasteiger partial charge in [0.15, 0.2) is 0 Å². The molecule has 3 aromatic rings. The summed E-state index contributed by atoms with van der Waals surface area (Å²) in [5.74, 6) is -1.58. The van der Waals surface area contributed by atoms with Gasteiger partial charge < -0.3 is 5.32 Å². The van der Waals surface area contributed by atoms with E-state index in [0.29, 0.717) is 11.3 Å². The van der Waals surface area contributed by atoms with Gasteiger partial charge in [-0.3, -0.25) is 14.7 Å². The zero-order chi connectivity index (χ0) is 17.4. The summed E-state index contributed by atoms with van der Waals surface area (Å²) in [7, 11) is 0. The number of carbonyl (C=O) groups is 1. The number of fused-ring (bicyclic) bond motifs is 1. The number of aromatic nitrogens is 1. The number of nitrogens with one attached hydrogen (secondary N) is 1. The van der Waals surface area contributed by atoms with Crippen molar-refractivity contribution in [1.82, 2.24) is 4.98 Å². The van der Waals surface area contributed by atoms with E-state index in [0.717, 1.165) is 11.6 Å². The molecule has 1 unspecified atom stereocenters. The monoisotopic (exact) mass is 337 g/mol. The van der Waals surface area contributed by atoms with Crippen molar-refractivity contribution in [3.8, 4) is 0 Å². The van der Waals surface area contributed by atoms with Crippen LogP contribution in [-0.2, 0) is 0 Å². The average Bonchev–Trinajstić information content (AvgIpc) is 2.91. The van der Waals surface area contributed by atoms with Crippen molar-refractivity contribution in [3.63, 3.8) is 0 Å². The number of anilines is 2.